The van der Waals surface area contributed by atoms with Gasteiger partial charge in [0.05, 0.1) is 0 Å². The number of likely N-dealkylation sites (tertiary alicyclic amines) is 1. The van der Waals surface area contributed by atoms with E-state index in [0.29, 0.717) is 12.5 Å². The molecule has 5 nitrogen and oxygen atoms in total. The largest absolute Gasteiger partial charge is 0.465 e. The monoisotopic (exact) mass is 263 g/mol. The van der Waals surface area contributed by atoms with Gasteiger partial charge in [-0.15, -0.1) is 0 Å². The van der Waals surface area contributed by atoms with Crippen molar-refractivity contribution in [2.24, 2.45) is 10.8 Å². The third-order valence-electron chi connectivity index (χ3n) is 4.65. The van der Waals surface area contributed by atoms with Gasteiger partial charge in [0.2, 0.25) is 0 Å². The number of carbonyl (C=O) groups is 1. The second kappa shape index (κ2) is 3.74. The highest BCUT2D eigenvalue weighted by molar-refractivity contribution is 5.67. The van der Waals surface area contributed by atoms with Gasteiger partial charge < -0.3 is 15.0 Å². The van der Waals surface area contributed by atoms with Crippen LogP contribution in [0.4, 0.5) is 4.79 Å². The SMILES string of the molecule is CC(C)(C)C1N(C(=O)O)CC12CC(c1ncc[nH]1)C2. The fourth-order valence-electron chi connectivity index (χ4n) is 4.27. The maximum atomic E-state index is 11.3. The molecule has 2 fully saturated rings. The molecule has 1 spiro atoms. The van der Waals surface area contributed by atoms with Gasteiger partial charge in [-0.05, 0) is 18.3 Å². The fourth-order valence-corrected chi connectivity index (χ4v) is 4.27. The Hall–Kier alpha value is -1.52. The number of aromatic nitrogens is 2. The standard InChI is InChI=1S/C14H21N3O2/c1-13(2,3)11-14(8-17(11)12(18)19)6-9(7-14)10-15-4-5-16-10/h4-5,9,11H,6-8H2,1-3H3,(H,15,16)(H,18,19). The number of nitrogens with one attached hydrogen (secondary N) is 1. The molecule has 1 saturated heterocycles. The lowest BCUT2D eigenvalue weighted by Gasteiger charge is -2.67. The molecule has 1 saturated carbocycles. The smallest absolute Gasteiger partial charge is 0.407 e. The molecule has 1 aliphatic heterocycles. The second-order valence-corrected chi connectivity index (χ2v) is 7.12. The van der Waals surface area contributed by atoms with Crippen molar-refractivity contribution >= 4 is 6.09 Å². The summed E-state index contributed by atoms with van der Waals surface area (Å²) in [5.74, 6) is 1.52. The maximum Gasteiger partial charge on any atom is 0.407 e. The van der Waals surface area contributed by atoms with Crippen LogP contribution in [0, 0.1) is 10.8 Å². The minimum Gasteiger partial charge on any atom is -0.465 e. The number of rotatable bonds is 1. The molecule has 0 radical (unpaired) electrons. The van der Waals surface area contributed by atoms with E-state index in [9.17, 15) is 9.90 Å². The molecule has 2 aliphatic rings. The van der Waals surface area contributed by atoms with Crippen LogP contribution in [0.25, 0.3) is 0 Å². The van der Waals surface area contributed by atoms with Crippen LogP contribution in [0.5, 0.6) is 0 Å². The summed E-state index contributed by atoms with van der Waals surface area (Å²) in [5.41, 5.74) is 0.166. The third-order valence-corrected chi connectivity index (χ3v) is 4.65. The van der Waals surface area contributed by atoms with Gasteiger partial charge >= 0.3 is 6.09 Å². The Morgan fingerprint density at radius 1 is 1.53 bits per heavy atom. The molecule has 1 atom stereocenters. The summed E-state index contributed by atoms with van der Waals surface area (Å²) in [6.07, 6.45) is 4.95. The van der Waals surface area contributed by atoms with Gasteiger partial charge in [-0.25, -0.2) is 9.78 Å². The van der Waals surface area contributed by atoms with Crippen LogP contribution in [0.2, 0.25) is 0 Å². The normalized spacial score (nSPS) is 33.9. The number of imidazole rings is 1. The zero-order valence-electron chi connectivity index (χ0n) is 11.7. The maximum absolute atomic E-state index is 11.3. The van der Waals surface area contributed by atoms with E-state index in [2.05, 4.69) is 30.7 Å². The van der Waals surface area contributed by atoms with Crippen molar-refractivity contribution in [1.29, 1.82) is 0 Å². The fraction of sp³-hybridized carbons (Fsp3) is 0.714. The molecule has 1 aromatic rings. The number of hydrogen-bond donors (Lipinski definition) is 2. The first-order valence-corrected chi connectivity index (χ1v) is 6.82. The van der Waals surface area contributed by atoms with Crippen molar-refractivity contribution in [1.82, 2.24) is 14.9 Å². The number of hydrogen-bond acceptors (Lipinski definition) is 2. The van der Waals surface area contributed by atoms with Crippen molar-refractivity contribution in [3.8, 4) is 0 Å². The quantitative estimate of drug-likeness (QED) is 0.818. The number of aromatic amines is 1. The number of carboxylic acid groups (broad SMARTS) is 1. The number of nitrogens with zero attached hydrogens (tertiary/aromatic N) is 2. The molecule has 0 aromatic carbocycles. The van der Waals surface area contributed by atoms with E-state index in [-0.39, 0.29) is 16.9 Å². The van der Waals surface area contributed by atoms with Crippen molar-refractivity contribution in [3.05, 3.63) is 18.2 Å². The molecule has 2 N–H and O–H groups in total. The average molecular weight is 263 g/mol. The Labute approximate surface area is 113 Å². The van der Waals surface area contributed by atoms with Crippen LogP contribution < -0.4 is 0 Å². The molecule has 1 aromatic heterocycles. The Morgan fingerprint density at radius 3 is 2.68 bits per heavy atom. The molecule has 1 unspecified atom stereocenters. The Balaban J connectivity index is 1.75. The van der Waals surface area contributed by atoms with Gasteiger partial charge in [-0.1, -0.05) is 20.8 Å². The highest BCUT2D eigenvalue weighted by Gasteiger charge is 2.64. The molecule has 19 heavy (non-hydrogen) atoms. The molecule has 3 rings (SSSR count). The molecular formula is C14H21N3O2. The predicted molar refractivity (Wildman–Crippen MR) is 71.0 cm³/mol. The van der Waals surface area contributed by atoms with E-state index in [1.807, 2.05) is 6.20 Å². The van der Waals surface area contributed by atoms with Crippen molar-refractivity contribution < 1.29 is 9.90 Å². The Kier molecular flexibility index (Phi) is 2.46. The zero-order valence-corrected chi connectivity index (χ0v) is 11.7. The van der Waals surface area contributed by atoms with Gasteiger partial charge in [0.1, 0.15) is 5.82 Å². The highest BCUT2D eigenvalue weighted by Crippen LogP contribution is 2.62. The van der Waals surface area contributed by atoms with Crippen LogP contribution in [-0.4, -0.2) is 38.7 Å². The summed E-state index contributed by atoms with van der Waals surface area (Å²) in [4.78, 5) is 20.4. The van der Waals surface area contributed by atoms with Crippen LogP contribution >= 0.6 is 0 Å². The van der Waals surface area contributed by atoms with Crippen molar-refractivity contribution in [2.45, 2.75) is 45.6 Å². The Morgan fingerprint density at radius 2 is 2.21 bits per heavy atom. The van der Waals surface area contributed by atoms with Crippen LogP contribution in [0.3, 0.4) is 0 Å². The molecule has 0 bridgehead atoms. The summed E-state index contributed by atoms with van der Waals surface area (Å²) in [7, 11) is 0. The summed E-state index contributed by atoms with van der Waals surface area (Å²) in [6.45, 7) is 7.08. The zero-order chi connectivity index (χ0) is 13.8. The van der Waals surface area contributed by atoms with Crippen LogP contribution in [0.15, 0.2) is 12.4 Å². The first-order chi connectivity index (χ1) is 8.83. The molecule has 104 valence electrons. The van der Waals surface area contributed by atoms with Gasteiger partial charge in [0.25, 0.3) is 0 Å². The highest BCUT2D eigenvalue weighted by atomic mass is 16.4. The van der Waals surface area contributed by atoms with E-state index >= 15 is 0 Å². The summed E-state index contributed by atoms with van der Waals surface area (Å²) >= 11 is 0. The molecule has 1 aliphatic carbocycles. The lowest BCUT2D eigenvalue weighted by atomic mass is 9.49. The lowest BCUT2D eigenvalue weighted by Crippen LogP contribution is -2.73. The van der Waals surface area contributed by atoms with E-state index in [1.54, 1.807) is 11.1 Å². The molecule has 1 amide bonds. The van der Waals surface area contributed by atoms with Crippen molar-refractivity contribution in [2.75, 3.05) is 6.54 Å². The topological polar surface area (TPSA) is 69.2 Å². The number of H-pyrrole nitrogens is 1. The third kappa shape index (κ3) is 1.75. The van der Waals surface area contributed by atoms with E-state index in [1.165, 1.54) is 0 Å². The van der Waals surface area contributed by atoms with Gasteiger partial charge in [0.15, 0.2) is 0 Å². The first-order valence-electron chi connectivity index (χ1n) is 6.82. The van der Waals surface area contributed by atoms with Gasteiger partial charge in [-0.2, -0.15) is 0 Å². The predicted octanol–water partition coefficient (Wildman–Crippen LogP) is 2.68. The lowest BCUT2D eigenvalue weighted by molar-refractivity contribution is -0.159. The minimum absolute atomic E-state index is 0.00915. The molecular weight excluding hydrogens is 242 g/mol. The van der Waals surface area contributed by atoms with E-state index in [0.717, 1.165) is 18.7 Å². The summed E-state index contributed by atoms with van der Waals surface area (Å²) < 4.78 is 0. The van der Waals surface area contributed by atoms with Crippen molar-refractivity contribution in [3.63, 3.8) is 0 Å². The minimum atomic E-state index is -0.785. The first kappa shape index (κ1) is 12.5. The summed E-state index contributed by atoms with van der Waals surface area (Å²) in [5, 5.41) is 9.28. The van der Waals surface area contributed by atoms with Crippen LogP contribution in [0.1, 0.15) is 45.4 Å². The number of amides is 1. The van der Waals surface area contributed by atoms with E-state index in [4.69, 9.17) is 0 Å². The average Bonchev–Trinajstić information content (AvgIpc) is 2.63. The van der Waals surface area contributed by atoms with E-state index < -0.39 is 6.09 Å². The second-order valence-electron chi connectivity index (χ2n) is 7.12. The molecule has 5 heteroatoms. The summed E-state index contributed by atoms with van der Waals surface area (Å²) in [6, 6.07) is 0.128. The van der Waals surface area contributed by atoms with Crippen LogP contribution in [-0.2, 0) is 0 Å². The van der Waals surface area contributed by atoms with Gasteiger partial charge in [-0.3, -0.25) is 0 Å². The molecule has 2 heterocycles. The Bertz CT molecular complexity index is 483. The van der Waals surface area contributed by atoms with Gasteiger partial charge in [0, 0.05) is 36.3 Å².